The first kappa shape index (κ1) is 30.6. The summed E-state index contributed by atoms with van der Waals surface area (Å²) >= 11 is 6.06. The highest BCUT2D eigenvalue weighted by Gasteiger charge is 2.56. The molecule has 0 spiro atoms. The van der Waals surface area contributed by atoms with E-state index >= 15 is 0 Å². The fraction of sp³-hybridized carbons (Fsp3) is 0.600. The van der Waals surface area contributed by atoms with Gasteiger partial charge in [-0.25, -0.2) is 16.8 Å². The van der Waals surface area contributed by atoms with E-state index in [2.05, 4.69) is 57.0 Å². The van der Waals surface area contributed by atoms with Crippen LogP contribution in [0.4, 0.5) is 8.78 Å². The molecule has 18 heteroatoms. The molecule has 0 fully saturated rings. The lowest BCUT2D eigenvalue weighted by Gasteiger charge is -2.16. The minimum atomic E-state index is -5.03. The molecule has 4 heterocycles. The number of alkyl halides is 2. The molecular weight excluding hydrogens is 686 g/mol. The second kappa shape index (κ2) is 10.2. The van der Waals surface area contributed by atoms with Crippen LogP contribution in [0.1, 0.15) is 63.2 Å². The summed E-state index contributed by atoms with van der Waals surface area (Å²) in [7, 11) is -8.56. The summed E-state index contributed by atoms with van der Waals surface area (Å²) in [6.45, 7) is 9.68. The number of hydrogen-bond donors (Lipinski definition) is 0. The molecule has 2 aliphatic heterocycles. The molecule has 0 amide bonds. The Kier molecular flexibility index (Phi) is 8.25. The molecule has 2 aromatic rings. The van der Waals surface area contributed by atoms with Crippen LogP contribution < -0.4 is 0 Å². The predicted octanol–water partition coefficient (Wildman–Crippen LogP) is 4.89. The van der Waals surface area contributed by atoms with E-state index in [0.29, 0.717) is 15.9 Å². The van der Waals surface area contributed by atoms with E-state index in [1.165, 1.54) is 6.92 Å². The zero-order valence-corrected chi connectivity index (χ0v) is 25.8. The molecule has 212 valence electrons. The van der Waals surface area contributed by atoms with E-state index in [0.717, 1.165) is 0 Å². The highest BCUT2D eigenvalue weighted by atomic mass is 79.9. The number of rotatable bonds is 4. The van der Waals surface area contributed by atoms with E-state index in [9.17, 15) is 25.6 Å². The van der Waals surface area contributed by atoms with Gasteiger partial charge in [-0.1, -0.05) is 20.6 Å². The first-order valence-corrected chi connectivity index (χ1v) is 15.5. The zero-order chi connectivity index (χ0) is 28.9. The van der Waals surface area contributed by atoms with Crippen LogP contribution in [-0.2, 0) is 40.4 Å². The summed E-state index contributed by atoms with van der Waals surface area (Å²) in [5, 5.41) is 8.93. The number of aromatic nitrogens is 2. The lowest BCUT2D eigenvalue weighted by atomic mass is 10.1. The minimum Gasteiger partial charge on any atom is -0.389 e. The van der Waals surface area contributed by atoms with Crippen molar-refractivity contribution in [1.29, 1.82) is 0 Å². The minimum absolute atomic E-state index is 0.0207. The average Bonchev–Trinajstić information content (AvgIpc) is 3.53. The van der Waals surface area contributed by atoms with Gasteiger partial charge in [0, 0.05) is 24.0 Å². The highest BCUT2D eigenvalue weighted by molar-refractivity contribution is 9.10. The van der Waals surface area contributed by atoms with Gasteiger partial charge in [-0.05, 0) is 73.4 Å². The topological polar surface area (TPSA) is 164 Å². The average molecular weight is 710 g/mol. The Morgan fingerprint density at radius 3 is 1.71 bits per heavy atom. The van der Waals surface area contributed by atoms with Gasteiger partial charge >= 0.3 is 5.25 Å². The normalized spacial score (nSPS) is 18.7. The van der Waals surface area contributed by atoms with Crippen molar-refractivity contribution in [2.45, 2.75) is 76.6 Å². The third-order valence-corrected chi connectivity index (χ3v) is 10.1. The van der Waals surface area contributed by atoms with Crippen molar-refractivity contribution >= 4 is 61.6 Å². The number of sulfone groups is 2. The van der Waals surface area contributed by atoms with Crippen molar-refractivity contribution in [3.8, 4) is 0 Å². The van der Waals surface area contributed by atoms with Gasteiger partial charge in [-0.3, -0.25) is 0 Å². The molecule has 0 N–H and O–H groups in total. The van der Waals surface area contributed by atoms with Crippen LogP contribution in [0.2, 0.25) is 0 Å². The molecule has 2 aliphatic rings. The number of oxime groups is 2. The standard InChI is InChI=1S/C10H11BrF2N2O4S.C10H13BrN2O4S/c1-5-7(18-15-8(5)11)10(12,13)20(16,17)6-4-9(2,3)19-14-6;1-6-7(16-13-9(6)11)5-18(14,15)8-4-10(2,3)17-12-8/h4H2,1-3H3;4-5H2,1-3H3. The second-order valence-corrected chi connectivity index (χ2v) is 15.2. The van der Waals surface area contributed by atoms with E-state index < -0.39 is 46.9 Å². The Balaban J connectivity index is 0.000000212. The van der Waals surface area contributed by atoms with Crippen LogP contribution >= 0.6 is 31.9 Å². The van der Waals surface area contributed by atoms with Crippen LogP contribution in [0, 0.1) is 13.8 Å². The Labute approximate surface area is 234 Å². The molecule has 2 aromatic heterocycles. The Hall–Kier alpha value is -1.92. The smallest absolute Gasteiger partial charge is 0.389 e. The molecule has 0 aliphatic carbocycles. The summed E-state index contributed by atoms with van der Waals surface area (Å²) in [6, 6.07) is 0. The molecule has 0 unspecified atom stereocenters. The third-order valence-electron chi connectivity index (χ3n) is 5.37. The number of hydrogen-bond acceptors (Lipinski definition) is 12. The predicted molar refractivity (Wildman–Crippen MR) is 138 cm³/mol. The van der Waals surface area contributed by atoms with Crippen molar-refractivity contribution in [3.05, 3.63) is 31.9 Å². The maximum absolute atomic E-state index is 14.2. The van der Waals surface area contributed by atoms with Gasteiger partial charge < -0.3 is 18.7 Å². The zero-order valence-electron chi connectivity index (χ0n) is 21.0. The molecule has 38 heavy (non-hydrogen) atoms. The van der Waals surface area contributed by atoms with Crippen LogP contribution in [0.5, 0.6) is 0 Å². The Morgan fingerprint density at radius 2 is 1.32 bits per heavy atom. The first-order valence-electron chi connectivity index (χ1n) is 10.8. The molecule has 12 nitrogen and oxygen atoms in total. The molecule has 0 atom stereocenters. The van der Waals surface area contributed by atoms with Crippen molar-refractivity contribution in [1.82, 2.24) is 10.3 Å². The lowest BCUT2D eigenvalue weighted by molar-refractivity contribution is 0.0120. The lowest BCUT2D eigenvalue weighted by Crippen LogP contribution is -2.34. The van der Waals surface area contributed by atoms with Gasteiger partial charge in [0.2, 0.25) is 15.6 Å². The number of nitrogens with zero attached hydrogens (tertiary/aromatic N) is 4. The van der Waals surface area contributed by atoms with E-state index in [4.69, 9.17) is 14.2 Å². The summed E-state index contributed by atoms with van der Waals surface area (Å²) in [5.74, 6) is -0.971. The Bertz CT molecular complexity index is 1510. The van der Waals surface area contributed by atoms with Gasteiger partial charge in [0.15, 0.2) is 25.1 Å². The van der Waals surface area contributed by atoms with E-state index in [1.54, 1.807) is 34.6 Å². The van der Waals surface area contributed by atoms with Gasteiger partial charge in [0.1, 0.15) is 17.0 Å². The molecule has 0 saturated heterocycles. The molecule has 0 radical (unpaired) electrons. The largest absolute Gasteiger partial charge is 0.410 e. The van der Waals surface area contributed by atoms with Gasteiger partial charge in [-0.15, -0.1) is 0 Å². The fourth-order valence-corrected chi connectivity index (χ4v) is 6.56. The quantitative estimate of drug-likeness (QED) is 0.427. The summed E-state index contributed by atoms with van der Waals surface area (Å²) < 4.78 is 86.8. The van der Waals surface area contributed by atoms with Crippen LogP contribution in [0.25, 0.3) is 0 Å². The van der Waals surface area contributed by atoms with E-state index in [1.807, 2.05) is 0 Å². The van der Waals surface area contributed by atoms with Crippen LogP contribution in [0.3, 0.4) is 0 Å². The van der Waals surface area contributed by atoms with E-state index in [-0.39, 0.29) is 33.8 Å². The van der Waals surface area contributed by atoms with Crippen LogP contribution in [0.15, 0.2) is 28.6 Å². The van der Waals surface area contributed by atoms with Gasteiger partial charge in [0.25, 0.3) is 9.84 Å². The van der Waals surface area contributed by atoms with Crippen molar-refractivity contribution in [3.63, 3.8) is 0 Å². The number of halogens is 4. The van der Waals surface area contributed by atoms with Crippen LogP contribution in [-0.4, -0.2) is 48.4 Å². The van der Waals surface area contributed by atoms with Gasteiger partial charge in [-0.2, -0.15) is 8.78 Å². The van der Waals surface area contributed by atoms with Crippen molar-refractivity contribution < 1.29 is 44.3 Å². The van der Waals surface area contributed by atoms with Crippen molar-refractivity contribution in [2.75, 3.05) is 0 Å². The highest BCUT2D eigenvalue weighted by Crippen LogP contribution is 2.41. The first-order chi connectivity index (χ1) is 17.2. The summed E-state index contributed by atoms with van der Waals surface area (Å²) in [5.41, 5.74) is -0.913. The SMILES string of the molecule is Cc1c(Br)noc1C(F)(F)S(=O)(=O)C1=NOC(C)(C)C1.Cc1c(Br)noc1CS(=O)(=O)C1=NOC(C)(C)C1. The monoisotopic (exact) mass is 708 g/mol. The fourth-order valence-electron chi connectivity index (χ4n) is 3.11. The third kappa shape index (κ3) is 6.12. The molecule has 0 aromatic carbocycles. The molecule has 0 saturated carbocycles. The summed E-state index contributed by atoms with van der Waals surface area (Å²) in [4.78, 5) is 9.89. The summed E-state index contributed by atoms with van der Waals surface area (Å²) in [6.07, 6.45) is 0.0307. The molecular formula is C20H24Br2F2N4O8S2. The molecule has 0 bridgehead atoms. The maximum atomic E-state index is 14.2. The Morgan fingerprint density at radius 1 is 0.842 bits per heavy atom. The van der Waals surface area contributed by atoms with Gasteiger partial charge in [0.05, 0.1) is 0 Å². The molecule has 4 rings (SSSR count). The van der Waals surface area contributed by atoms with Crippen molar-refractivity contribution in [2.24, 2.45) is 10.3 Å². The second-order valence-electron chi connectivity index (χ2n) is 9.75. The maximum Gasteiger partial charge on any atom is 0.410 e.